The van der Waals surface area contributed by atoms with Gasteiger partial charge in [0, 0.05) is 36.3 Å². The molecule has 0 aromatic carbocycles. The number of nitrogens with zero attached hydrogens (tertiary/aromatic N) is 1. The normalized spacial score (nSPS) is 24.8. The molecule has 0 heterocycles. The summed E-state index contributed by atoms with van der Waals surface area (Å²) >= 11 is 0. The lowest BCUT2D eigenvalue weighted by Crippen LogP contribution is -2.37. The van der Waals surface area contributed by atoms with E-state index in [1.807, 2.05) is 26.8 Å². The molecule has 0 saturated heterocycles. The molecule has 2 atom stereocenters. The highest BCUT2D eigenvalue weighted by atomic mass is 16.2. The molecule has 4 N–H and O–H groups in total. The van der Waals surface area contributed by atoms with Gasteiger partial charge in [0.05, 0.1) is 0 Å². The van der Waals surface area contributed by atoms with Crippen LogP contribution in [0.5, 0.6) is 0 Å². The smallest absolute Gasteiger partial charge is 0.253 e. The van der Waals surface area contributed by atoms with Crippen molar-refractivity contribution < 1.29 is 4.79 Å². The van der Waals surface area contributed by atoms with Crippen LogP contribution in [0.3, 0.4) is 0 Å². The molecule has 0 aliphatic heterocycles. The molecular weight excluding hydrogens is 202 g/mol. The van der Waals surface area contributed by atoms with Crippen LogP contribution in [-0.2, 0) is 4.79 Å². The zero-order chi connectivity index (χ0) is 12.3. The number of nitrogens with two attached hydrogens (primary N) is 2. The Hall–Kier alpha value is -1.29. The topological polar surface area (TPSA) is 72.3 Å². The van der Waals surface area contributed by atoms with Crippen LogP contribution in [0.15, 0.2) is 23.4 Å². The van der Waals surface area contributed by atoms with Crippen molar-refractivity contribution in [2.45, 2.75) is 26.8 Å². The van der Waals surface area contributed by atoms with Gasteiger partial charge in [0.25, 0.3) is 5.91 Å². The predicted octanol–water partition coefficient (Wildman–Crippen LogP) is 0.601. The minimum atomic E-state index is -0.167. The maximum atomic E-state index is 12.1. The zero-order valence-corrected chi connectivity index (χ0v) is 10.2. The van der Waals surface area contributed by atoms with Crippen LogP contribution in [0.4, 0.5) is 0 Å². The first-order valence-corrected chi connectivity index (χ1v) is 5.75. The second-order valence-electron chi connectivity index (χ2n) is 4.11. The summed E-state index contributed by atoms with van der Waals surface area (Å²) in [5, 5.41) is 0. The zero-order valence-electron chi connectivity index (χ0n) is 10.2. The summed E-state index contributed by atoms with van der Waals surface area (Å²) in [5.74, 6) is 0.114. The Morgan fingerprint density at radius 3 is 2.44 bits per heavy atom. The van der Waals surface area contributed by atoms with Gasteiger partial charge < -0.3 is 16.4 Å². The monoisotopic (exact) mass is 223 g/mol. The predicted molar refractivity (Wildman–Crippen MR) is 65.4 cm³/mol. The summed E-state index contributed by atoms with van der Waals surface area (Å²) in [6.45, 7) is 7.28. The third kappa shape index (κ3) is 2.44. The largest absolute Gasteiger partial charge is 0.402 e. The Labute approximate surface area is 97.0 Å². The molecule has 16 heavy (non-hydrogen) atoms. The van der Waals surface area contributed by atoms with Crippen molar-refractivity contribution in [3.63, 3.8) is 0 Å². The summed E-state index contributed by atoms with van der Waals surface area (Å²) in [6, 6.07) is -0.167. The Morgan fingerprint density at radius 2 is 2.00 bits per heavy atom. The highest BCUT2D eigenvalue weighted by Gasteiger charge is 2.23. The summed E-state index contributed by atoms with van der Waals surface area (Å²) in [7, 11) is 0. The first-order chi connectivity index (χ1) is 7.51. The van der Waals surface area contributed by atoms with Gasteiger partial charge in [-0.2, -0.15) is 0 Å². The summed E-state index contributed by atoms with van der Waals surface area (Å²) in [5.41, 5.74) is 13.1. The molecule has 90 valence electrons. The van der Waals surface area contributed by atoms with Crippen molar-refractivity contribution in [1.29, 1.82) is 0 Å². The minimum absolute atomic E-state index is 0.00954. The number of likely N-dealkylation sites (N-methyl/N-ethyl adjacent to an activating group) is 1. The van der Waals surface area contributed by atoms with E-state index in [0.717, 1.165) is 0 Å². The number of rotatable bonds is 3. The fraction of sp³-hybridized carbons (Fsp3) is 0.583. The molecule has 0 fully saturated rings. The molecule has 1 aliphatic rings. The van der Waals surface area contributed by atoms with Crippen LogP contribution in [-0.4, -0.2) is 29.9 Å². The lowest BCUT2D eigenvalue weighted by molar-refractivity contribution is -0.126. The van der Waals surface area contributed by atoms with Crippen LogP contribution < -0.4 is 11.5 Å². The van der Waals surface area contributed by atoms with Crippen molar-refractivity contribution in [2.24, 2.45) is 17.4 Å². The van der Waals surface area contributed by atoms with Gasteiger partial charge in [0.15, 0.2) is 0 Å². The number of carbonyl (C=O) groups excluding carboxylic acids is 1. The summed E-state index contributed by atoms with van der Waals surface area (Å²) in [4.78, 5) is 13.8. The van der Waals surface area contributed by atoms with Crippen LogP contribution >= 0.6 is 0 Å². The molecule has 0 spiro atoms. The van der Waals surface area contributed by atoms with E-state index in [9.17, 15) is 4.79 Å². The Morgan fingerprint density at radius 1 is 1.44 bits per heavy atom. The first-order valence-electron chi connectivity index (χ1n) is 5.75. The molecule has 1 amide bonds. The van der Waals surface area contributed by atoms with Crippen molar-refractivity contribution in [1.82, 2.24) is 4.90 Å². The number of amides is 1. The van der Waals surface area contributed by atoms with Gasteiger partial charge in [-0.3, -0.25) is 4.79 Å². The quantitative estimate of drug-likeness (QED) is 0.736. The Kier molecular flexibility index (Phi) is 4.12. The second kappa shape index (κ2) is 5.16. The van der Waals surface area contributed by atoms with Gasteiger partial charge in [-0.05, 0) is 19.9 Å². The van der Waals surface area contributed by atoms with E-state index in [-0.39, 0.29) is 17.9 Å². The lowest BCUT2D eigenvalue weighted by atomic mass is 9.90. The highest BCUT2D eigenvalue weighted by Crippen LogP contribution is 2.20. The summed E-state index contributed by atoms with van der Waals surface area (Å²) < 4.78 is 0. The van der Waals surface area contributed by atoms with Crippen molar-refractivity contribution in [3.05, 3.63) is 23.4 Å². The van der Waals surface area contributed by atoms with Crippen molar-refractivity contribution >= 4 is 5.91 Å². The van der Waals surface area contributed by atoms with Crippen LogP contribution in [0.1, 0.15) is 20.8 Å². The van der Waals surface area contributed by atoms with E-state index in [4.69, 9.17) is 11.5 Å². The van der Waals surface area contributed by atoms with E-state index in [0.29, 0.717) is 24.4 Å². The minimum Gasteiger partial charge on any atom is -0.402 e. The average molecular weight is 223 g/mol. The SMILES string of the molecule is CCN(CC)C(=O)C1=CC(N)C(C)C(N)=C1. The second-order valence-corrected chi connectivity index (χ2v) is 4.11. The Bertz CT molecular complexity index is 329. The molecule has 1 rings (SSSR count). The number of carbonyl (C=O) groups is 1. The molecule has 4 nitrogen and oxygen atoms in total. The maximum Gasteiger partial charge on any atom is 0.253 e. The summed E-state index contributed by atoms with van der Waals surface area (Å²) in [6.07, 6.45) is 3.55. The lowest BCUT2D eigenvalue weighted by Gasteiger charge is -2.26. The average Bonchev–Trinajstić information content (AvgIpc) is 2.26. The van der Waals surface area contributed by atoms with E-state index < -0.39 is 0 Å². The molecule has 0 saturated carbocycles. The van der Waals surface area contributed by atoms with Gasteiger partial charge in [-0.15, -0.1) is 0 Å². The first kappa shape index (κ1) is 12.8. The van der Waals surface area contributed by atoms with Gasteiger partial charge in [-0.1, -0.05) is 13.0 Å². The Balaban J connectivity index is 2.90. The fourth-order valence-electron chi connectivity index (χ4n) is 1.76. The fourth-order valence-corrected chi connectivity index (χ4v) is 1.76. The van der Waals surface area contributed by atoms with Gasteiger partial charge in [0.1, 0.15) is 0 Å². The molecular formula is C12H21N3O. The molecule has 0 aromatic heterocycles. The third-order valence-corrected chi connectivity index (χ3v) is 3.09. The van der Waals surface area contributed by atoms with E-state index >= 15 is 0 Å². The molecule has 1 aliphatic carbocycles. The number of hydrogen-bond donors (Lipinski definition) is 2. The van der Waals surface area contributed by atoms with E-state index in [1.54, 1.807) is 11.0 Å². The highest BCUT2D eigenvalue weighted by molar-refractivity contribution is 5.96. The van der Waals surface area contributed by atoms with Crippen LogP contribution in [0, 0.1) is 5.92 Å². The number of hydrogen-bond acceptors (Lipinski definition) is 3. The molecule has 0 aromatic rings. The van der Waals surface area contributed by atoms with Crippen LogP contribution in [0.2, 0.25) is 0 Å². The molecule has 2 unspecified atom stereocenters. The van der Waals surface area contributed by atoms with Gasteiger partial charge in [0.2, 0.25) is 0 Å². The van der Waals surface area contributed by atoms with Crippen molar-refractivity contribution in [3.8, 4) is 0 Å². The van der Waals surface area contributed by atoms with Crippen LogP contribution in [0.25, 0.3) is 0 Å². The maximum absolute atomic E-state index is 12.1. The van der Waals surface area contributed by atoms with E-state index in [1.165, 1.54) is 0 Å². The molecule has 4 heteroatoms. The standard InChI is InChI=1S/C12H21N3O/c1-4-15(5-2)12(16)9-6-10(13)8(3)11(14)7-9/h6-8,10H,4-5,13-14H2,1-3H3. The van der Waals surface area contributed by atoms with Gasteiger partial charge in [-0.25, -0.2) is 0 Å². The molecule has 0 bridgehead atoms. The molecule has 0 radical (unpaired) electrons. The van der Waals surface area contributed by atoms with Crippen molar-refractivity contribution in [2.75, 3.05) is 13.1 Å². The third-order valence-electron chi connectivity index (χ3n) is 3.09. The van der Waals surface area contributed by atoms with Gasteiger partial charge >= 0.3 is 0 Å². The van der Waals surface area contributed by atoms with E-state index in [2.05, 4.69) is 0 Å².